The summed E-state index contributed by atoms with van der Waals surface area (Å²) in [6.45, 7) is 2.85. The minimum atomic E-state index is -1.51. The van der Waals surface area contributed by atoms with Gasteiger partial charge in [-0.05, 0) is 0 Å². The molecule has 46 valence electrons. The molecule has 0 N–H and O–H groups in total. The van der Waals surface area contributed by atoms with E-state index >= 15 is 0 Å². The van der Waals surface area contributed by atoms with Gasteiger partial charge in [0.2, 0.25) is 0 Å². The molecular weight excluding hydrogens is 202 g/mol. The van der Waals surface area contributed by atoms with Gasteiger partial charge in [0.15, 0.2) is 0 Å². The van der Waals surface area contributed by atoms with E-state index in [1.165, 1.54) is 6.07 Å². The van der Waals surface area contributed by atoms with Gasteiger partial charge in [0.25, 0.3) is 0 Å². The molecule has 0 spiro atoms. The average molecular weight is 204 g/mol. The summed E-state index contributed by atoms with van der Waals surface area (Å²) in [5, 5.41) is 17.2. The molecule has 0 bridgehead atoms. The Morgan fingerprint density at radius 1 is 1.75 bits per heavy atom. The van der Waals surface area contributed by atoms with Crippen LogP contribution in [-0.4, -0.2) is 5.97 Å². The molecular formula is C4H2AgNO2. The van der Waals surface area contributed by atoms with Crippen LogP contribution in [0.5, 0.6) is 0 Å². The number of hydrogen-bond donors (Lipinski definition) is 0. The zero-order chi connectivity index (χ0) is 5.86. The summed E-state index contributed by atoms with van der Waals surface area (Å²) in [6.07, 6.45) is 0. The Labute approximate surface area is 62.1 Å². The molecule has 0 saturated carbocycles. The molecule has 0 atom stereocenters. The number of carbonyl (C=O) groups excluding carboxylic acids is 1. The summed E-state index contributed by atoms with van der Waals surface area (Å²) in [6, 6.07) is 1.31. The quantitative estimate of drug-likeness (QED) is 0.306. The van der Waals surface area contributed by atoms with E-state index in [1.54, 1.807) is 0 Å². The molecule has 8 heavy (non-hydrogen) atoms. The minimum Gasteiger partial charge on any atom is -0.544 e. The van der Waals surface area contributed by atoms with Gasteiger partial charge in [-0.1, -0.05) is 6.58 Å². The number of carbonyl (C=O) groups is 1. The predicted molar refractivity (Wildman–Crippen MR) is 19.8 cm³/mol. The zero-order valence-electron chi connectivity index (χ0n) is 3.77. The van der Waals surface area contributed by atoms with Crippen molar-refractivity contribution < 1.29 is 32.3 Å². The van der Waals surface area contributed by atoms with Crippen LogP contribution in [0.4, 0.5) is 0 Å². The van der Waals surface area contributed by atoms with Crippen molar-refractivity contribution >= 4 is 5.97 Å². The van der Waals surface area contributed by atoms with Gasteiger partial charge in [-0.3, -0.25) is 0 Å². The summed E-state index contributed by atoms with van der Waals surface area (Å²) in [7, 11) is 0. The van der Waals surface area contributed by atoms with Crippen LogP contribution in [0.15, 0.2) is 12.2 Å². The van der Waals surface area contributed by atoms with Gasteiger partial charge in [-0.25, -0.2) is 0 Å². The van der Waals surface area contributed by atoms with Gasteiger partial charge < -0.3 is 9.90 Å². The first kappa shape index (κ1) is 10.4. The summed E-state index contributed by atoms with van der Waals surface area (Å²) < 4.78 is 0. The average Bonchev–Trinajstić information content (AvgIpc) is 1.65. The van der Waals surface area contributed by atoms with Crippen molar-refractivity contribution in [3.8, 4) is 6.07 Å². The number of carboxylic acids is 1. The van der Waals surface area contributed by atoms with Gasteiger partial charge in [0.1, 0.15) is 6.07 Å². The second kappa shape index (κ2) is 4.60. The van der Waals surface area contributed by atoms with Crippen LogP contribution in [0.1, 0.15) is 0 Å². The van der Waals surface area contributed by atoms with Crippen molar-refractivity contribution in [2.24, 2.45) is 0 Å². The molecule has 0 heterocycles. The molecule has 0 amide bonds. The fourth-order valence-corrected chi connectivity index (χ4v) is 0.0456. The Bertz CT molecular complexity index is 147. The normalized spacial score (nSPS) is 5.88. The van der Waals surface area contributed by atoms with Crippen LogP contribution in [0.25, 0.3) is 0 Å². The topological polar surface area (TPSA) is 63.9 Å². The largest absolute Gasteiger partial charge is 1.00 e. The van der Waals surface area contributed by atoms with Gasteiger partial charge in [0, 0.05) is 0 Å². The number of aliphatic carboxylic acids is 1. The zero-order valence-corrected chi connectivity index (χ0v) is 5.25. The molecule has 0 aromatic rings. The van der Waals surface area contributed by atoms with E-state index in [1.807, 2.05) is 0 Å². The van der Waals surface area contributed by atoms with Crippen molar-refractivity contribution in [2.75, 3.05) is 0 Å². The van der Waals surface area contributed by atoms with E-state index in [-0.39, 0.29) is 22.4 Å². The fraction of sp³-hybridized carbons (Fsp3) is 0. The maximum absolute atomic E-state index is 9.50. The molecule has 0 unspecified atom stereocenters. The Morgan fingerprint density at radius 3 is 2.12 bits per heavy atom. The van der Waals surface area contributed by atoms with E-state index in [4.69, 9.17) is 5.26 Å². The first-order valence-corrected chi connectivity index (χ1v) is 1.49. The third-order valence-corrected chi connectivity index (χ3v) is 0.381. The number of nitrogens with zero attached hydrogens (tertiary/aromatic N) is 1. The molecule has 0 aromatic carbocycles. The van der Waals surface area contributed by atoms with E-state index in [9.17, 15) is 9.90 Å². The molecule has 0 rings (SSSR count). The van der Waals surface area contributed by atoms with E-state index in [0.717, 1.165) is 0 Å². The van der Waals surface area contributed by atoms with Gasteiger partial charge >= 0.3 is 22.4 Å². The van der Waals surface area contributed by atoms with Crippen molar-refractivity contribution in [1.82, 2.24) is 0 Å². The Morgan fingerprint density at radius 2 is 2.12 bits per heavy atom. The molecule has 0 saturated heterocycles. The fourth-order valence-electron chi connectivity index (χ4n) is 0.0456. The van der Waals surface area contributed by atoms with Crippen molar-refractivity contribution in [1.29, 1.82) is 5.26 Å². The maximum atomic E-state index is 9.50. The SMILES string of the molecule is C=C(C#N)C(=O)[O-].[Ag+]. The van der Waals surface area contributed by atoms with E-state index < -0.39 is 11.5 Å². The van der Waals surface area contributed by atoms with Gasteiger partial charge in [-0.15, -0.1) is 0 Å². The third-order valence-electron chi connectivity index (χ3n) is 0.381. The van der Waals surface area contributed by atoms with Crippen LogP contribution < -0.4 is 5.11 Å². The number of hydrogen-bond acceptors (Lipinski definition) is 3. The maximum Gasteiger partial charge on any atom is 1.00 e. The Hall–Kier alpha value is -0.560. The third kappa shape index (κ3) is 3.62. The minimum absolute atomic E-state index is 0. The molecule has 0 radical (unpaired) electrons. The molecule has 0 fully saturated rings. The van der Waals surface area contributed by atoms with Crippen LogP contribution in [0.3, 0.4) is 0 Å². The van der Waals surface area contributed by atoms with E-state index in [0.29, 0.717) is 0 Å². The van der Waals surface area contributed by atoms with Crippen LogP contribution in [-0.2, 0) is 27.2 Å². The molecule has 3 nitrogen and oxygen atoms in total. The molecule has 4 heteroatoms. The predicted octanol–water partition coefficient (Wildman–Crippen LogP) is -1.19. The Balaban J connectivity index is 0. The van der Waals surface area contributed by atoms with Crippen molar-refractivity contribution in [3.63, 3.8) is 0 Å². The summed E-state index contributed by atoms with van der Waals surface area (Å²) in [5.74, 6) is -1.51. The monoisotopic (exact) mass is 203 g/mol. The van der Waals surface area contributed by atoms with Crippen molar-refractivity contribution in [2.45, 2.75) is 0 Å². The number of nitriles is 1. The van der Waals surface area contributed by atoms with E-state index in [2.05, 4.69) is 6.58 Å². The first-order chi connectivity index (χ1) is 3.18. The molecule has 0 aliphatic heterocycles. The summed E-state index contributed by atoms with van der Waals surface area (Å²) in [4.78, 5) is 9.50. The summed E-state index contributed by atoms with van der Waals surface area (Å²) >= 11 is 0. The second-order valence-electron chi connectivity index (χ2n) is 0.878. The molecule has 0 aliphatic rings. The van der Waals surface area contributed by atoms with Crippen molar-refractivity contribution in [3.05, 3.63) is 12.2 Å². The Kier molecular flexibility index (Phi) is 5.99. The smallest absolute Gasteiger partial charge is 0.544 e. The standard InChI is InChI=1S/C4H3NO2.Ag/c1-3(2-5)4(6)7;/h1H2,(H,6,7);/q;+1/p-1. The van der Waals surface area contributed by atoms with Crippen LogP contribution >= 0.6 is 0 Å². The number of carboxylic acid groups (broad SMARTS) is 1. The number of rotatable bonds is 1. The van der Waals surface area contributed by atoms with Gasteiger partial charge in [-0.2, -0.15) is 5.26 Å². The molecule has 0 aromatic heterocycles. The molecule has 0 aliphatic carbocycles. The van der Waals surface area contributed by atoms with Crippen LogP contribution in [0.2, 0.25) is 0 Å². The first-order valence-electron chi connectivity index (χ1n) is 1.49. The second-order valence-corrected chi connectivity index (χ2v) is 0.878. The van der Waals surface area contributed by atoms with Crippen LogP contribution in [0, 0.1) is 11.3 Å². The summed E-state index contributed by atoms with van der Waals surface area (Å²) in [5.41, 5.74) is -0.542. The van der Waals surface area contributed by atoms with Gasteiger partial charge in [0.05, 0.1) is 11.5 Å².